The zero-order valence-corrected chi connectivity index (χ0v) is 9.63. The lowest BCUT2D eigenvalue weighted by Gasteiger charge is -2.05. The number of nitriles is 1. The average Bonchev–Trinajstić information content (AvgIpc) is 2.79. The van der Waals surface area contributed by atoms with E-state index >= 15 is 0 Å². The molecule has 86 valence electrons. The number of aryl methyl sites for hydroxylation is 2. The number of nitrogens with two attached hydrogens (primary N) is 1. The fourth-order valence-electron chi connectivity index (χ4n) is 1.85. The third-order valence-corrected chi connectivity index (χ3v) is 2.79. The molecule has 0 unspecified atom stereocenters. The number of hydrogen-bond acceptors (Lipinski definition) is 2. The molecule has 3 heteroatoms. The van der Waals surface area contributed by atoms with Crippen LogP contribution in [-0.2, 0) is 13.0 Å². The van der Waals surface area contributed by atoms with E-state index in [1.807, 2.05) is 35.0 Å². The van der Waals surface area contributed by atoms with Crippen molar-refractivity contribution in [1.82, 2.24) is 4.57 Å². The average molecular weight is 225 g/mol. The van der Waals surface area contributed by atoms with Gasteiger partial charge in [-0.15, -0.1) is 0 Å². The first-order valence-electron chi connectivity index (χ1n) is 5.69. The van der Waals surface area contributed by atoms with Gasteiger partial charge < -0.3 is 10.3 Å². The van der Waals surface area contributed by atoms with Crippen molar-refractivity contribution >= 4 is 5.69 Å². The summed E-state index contributed by atoms with van der Waals surface area (Å²) in [5, 5.41) is 8.87. The van der Waals surface area contributed by atoms with Crippen LogP contribution in [0.15, 0.2) is 42.6 Å². The Labute approximate surface area is 101 Å². The van der Waals surface area contributed by atoms with E-state index in [1.54, 1.807) is 0 Å². The van der Waals surface area contributed by atoms with Gasteiger partial charge in [0.25, 0.3) is 0 Å². The van der Waals surface area contributed by atoms with Crippen LogP contribution in [-0.4, -0.2) is 4.57 Å². The highest BCUT2D eigenvalue weighted by atomic mass is 15.0. The Hall–Kier alpha value is -2.21. The molecule has 17 heavy (non-hydrogen) atoms. The molecule has 2 rings (SSSR count). The molecule has 0 aliphatic heterocycles. The van der Waals surface area contributed by atoms with Crippen LogP contribution in [0.2, 0.25) is 0 Å². The number of benzene rings is 1. The molecule has 0 radical (unpaired) electrons. The predicted octanol–water partition coefficient (Wildman–Crippen LogP) is 2.57. The smallest absolute Gasteiger partial charge is 0.120 e. The lowest BCUT2D eigenvalue weighted by molar-refractivity contribution is 0.640. The van der Waals surface area contributed by atoms with Crippen molar-refractivity contribution in [3.8, 4) is 6.07 Å². The quantitative estimate of drug-likeness (QED) is 0.813. The zero-order valence-electron chi connectivity index (χ0n) is 9.63. The van der Waals surface area contributed by atoms with Gasteiger partial charge in [-0.05, 0) is 42.7 Å². The summed E-state index contributed by atoms with van der Waals surface area (Å²) in [6.45, 7) is 0.875. The van der Waals surface area contributed by atoms with Crippen molar-refractivity contribution < 1.29 is 0 Å². The fraction of sp³-hybridized carbons (Fsp3) is 0.214. The van der Waals surface area contributed by atoms with Crippen LogP contribution in [0.5, 0.6) is 0 Å². The Morgan fingerprint density at radius 1 is 1.18 bits per heavy atom. The lowest BCUT2D eigenvalue weighted by atomic mass is 10.1. The Morgan fingerprint density at radius 2 is 1.94 bits per heavy atom. The van der Waals surface area contributed by atoms with Crippen LogP contribution in [0, 0.1) is 11.3 Å². The number of hydrogen-bond donors (Lipinski definition) is 1. The van der Waals surface area contributed by atoms with Gasteiger partial charge in [-0.1, -0.05) is 12.1 Å². The van der Waals surface area contributed by atoms with E-state index in [4.69, 9.17) is 11.0 Å². The van der Waals surface area contributed by atoms with Gasteiger partial charge in [0.1, 0.15) is 11.8 Å². The van der Waals surface area contributed by atoms with Crippen LogP contribution in [0.4, 0.5) is 5.69 Å². The summed E-state index contributed by atoms with van der Waals surface area (Å²) in [7, 11) is 0. The second kappa shape index (κ2) is 5.22. The predicted molar refractivity (Wildman–Crippen MR) is 68.3 cm³/mol. The third-order valence-electron chi connectivity index (χ3n) is 2.79. The molecular weight excluding hydrogens is 210 g/mol. The van der Waals surface area contributed by atoms with Crippen LogP contribution < -0.4 is 5.73 Å². The van der Waals surface area contributed by atoms with E-state index in [1.165, 1.54) is 5.56 Å². The molecule has 1 heterocycles. The minimum atomic E-state index is 0.724. The van der Waals surface area contributed by atoms with Gasteiger partial charge in [0.05, 0.1) is 0 Å². The van der Waals surface area contributed by atoms with Gasteiger partial charge in [-0.25, -0.2) is 0 Å². The van der Waals surface area contributed by atoms with Gasteiger partial charge >= 0.3 is 0 Å². The maximum absolute atomic E-state index is 8.87. The standard InChI is InChI=1S/C14H15N3/c15-11-14-4-2-10-17(14)9-1-3-12-5-7-13(16)8-6-12/h2,4-8,10H,1,3,9,16H2. The molecule has 0 fully saturated rings. The minimum Gasteiger partial charge on any atom is -0.399 e. The maximum Gasteiger partial charge on any atom is 0.120 e. The molecule has 2 aromatic rings. The first-order valence-corrected chi connectivity index (χ1v) is 5.69. The maximum atomic E-state index is 8.87. The summed E-state index contributed by atoms with van der Waals surface area (Å²) < 4.78 is 1.98. The highest BCUT2D eigenvalue weighted by molar-refractivity contribution is 5.39. The Kier molecular flexibility index (Phi) is 3.46. The Morgan fingerprint density at radius 3 is 2.65 bits per heavy atom. The number of rotatable bonds is 4. The molecule has 0 aliphatic carbocycles. The monoisotopic (exact) mass is 225 g/mol. The van der Waals surface area contributed by atoms with Gasteiger partial charge in [0.15, 0.2) is 0 Å². The second-order valence-electron chi connectivity index (χ2n) is 4.04. The summed E-state index contributed by atoms with van der Waals surface area (Å²) >= 11 is 0. The van der Waals surface area contributed by atoms with Gasteiger partial charge in [0.2, 0.25) is 0 Å². The Balaban J connectivity index is 1.88. The summed E-state index contributed by atoms with van der Waals surface area (Å²) in [4.78, 5) is 0. The molecular formula is C14H15N3. The van der Waals surface area contributed by atoms with Crippen LogP contribution >= 0.6 is 0 Å². The first-order chi connectivity index (χ1) is 8.29. The van der Waals surface area contributed by atoms with Gasteiger partial charge in [-0.3, -0.25) is 0 Å². The summed E-state index contributed by atoms with van der Waals surface area (Å²) in [6, 6.07) is 13.9. The number of nitrogens with zero attached hydrogens (tertiary/aromatic N) is 2. The molecule has 0 bridgehead atoms. The molecule has 0 saturated carbocycles. The third kappa shape index (κ3) is 2.88. The Bertz CT molecular complexity index is 517. The van der Waals surface area contributed by atoms with Crippen molar-refractivity contribution in [2.24, 2.45) is 0 Å². The van der Waals surface area contributed by atoms with Crippen molar-refractivity contribution in [1.29, 1.82) is 5.26 Å². The van der Waals surface area contributed by atoms with Crippen molar-refractivity contribution in [2.75, 3.05) is 5.73 Å². The number of aromatic nitrogens is 1. The molecule has 1 aromatic carbocycles. The van der Waals surface area contributed by atoms with E-state index in [9.17, 15) is 0 Å². The van der Waals surface area contributed by atoms with E-state index in [2.05, 4.69) is 18.2 Å². The molecule has 0 atom stereocenters. The van der Waals surface area contributed by atoms with E-state index < -0.39 is 0 Å². The zero-order chi connectivity index (χ0) is 12.1. The summed E-state index contributed by atoms with van der Waals surface area (Å²) in [5.74, 6) is 0. The SMILES string of the molecule is N#Cc1cccn1CCCc1ccc(N)cc1. The molecule has 0 spiro atoms. The van der Waals surface area contributed by atoms with E-state index in [0.29, 0.717) is 0 Å². The topological polar surface area (TPSA) is 54.7 Å². The molecule has 3 nitrogen and oxygen atoms in total. The van der Waals surface area contributed by atoms with Crippen LogP contribution in [0.1, 0.15) is 17.7 Å². The number of nitrogen functional groups attached to an aromatic ring is 1. The van der Waals surface area contributed by atoms with Crippen molar-refractivity contribution in [3.05, 3.63) is 53.9 Å². The fourth-order valence-corrected chi connectivity index (χ4v) is 1.85. The van der Waals surface area contributed by atoms with Gasteiger partial charge in [-0.2, -0.15) is 5.26 Å². The highest BCUT2D eigenvalue weighted by Gasteiger charge is 1.99. The number of anilines is 1. The van der Waals surface area contributed by atoms with Crippen LogP contribution in [0.3, 0.4) is 0 Å². The summed E-state index contributed by atoms with van der Waals surface area (Å²) in [5.41, 5.74) is 8.43. The summed E-state index contributed by atoms with van der Waals surface area (Å²) in [6.07, 6.45) is 3.97. The van der Waals surface area contributed by atoms with Gasteiger partial charge in [0, 0.05) is 18.4 Å². The molecule has 0 amide bonds. The second-order valence-corrected chi connectivity index (χ2v) is 4.04. The largest absolute Gasteiger partial charge is 0.399 e. The van der Waals surface area contributed by atoms with E-state index in [0.717, 1.165) is 30.8 Å². The van der Waals surface area contributed by atoms with Crippen LogP contribution in [0.25, 0.3) is 0 Å². The van der Waals surface area contributed by atoms with E-state index in [-0.39, 0.29) is 0 Å². The van der Waals surface area contributed by atoms with Crippen molar-refractivity contribution in [2.45, 2.75) is 19.4 Å². The molecule has 0 saturated heterocycles. The first kappa shape index (κ1) is 11.3. The molecule has 1 aromatic heterocycles. The van der Waals surface area contributed by atoms with Crippen molar-refractivity contribution in [3.63, 3.8) is 0 Å². The minimum absolute atomic E-state index is 0.724. The normalized spacial score (nSPS) is 10.1. The highest BCUT2D eigenvalue weighted by Crippen LogP contribution is 2.09. The molecule has 2 N–H and O–H groups in total. The molecule has 0 aliphatic rings. The lowest BCUT2D eigenvalue weighted by Crippen LogP contribution is -2.00.